The van der Waals surface area contributed by atoms with Gasteiger partial charge >= 0.3 is 12.3 Å². The van der Waals surface area contributed by atoms with Gasteiger partial charge in [-0.1, -0.05) is 12.1 Å². The maximum Gasteiger partial charge on any atom is 0.573 e. The molecule has 0 radical (unpaired) electrons. The van der Waals surface area contributed by atoms with Gasteiger partial charge in [0.25, 0.3) is 5.56 Å². The molecule has 0 saturated heterocycles. The number of benzene rings is 2. The van der Waals surface area contributed by atoms with E-state index in [4.69, 9.17) is 4.74 Å². The average Bonchev–Trinajstić information content (AvgIpc) is 2.66. The van der Waals surface area contributed by atoms with Crippen molar-refractivity contribution in [1.29, 1.82) is 0 Å². The third-order valence-corrected chi connectivity index (χ3v) is 4.03. The van der Waals surface area contributed by atoms with Crippen LogP contribution in [0.1, 0.15) is 10.4 Å². The van der Waals surface area contributed by atoms with Gasteiger partial charge in [-0.25, -0.2) is 4.79 Å². The molecule has 0 aliphatic heterocycles. The Balaban J connectivity index is 2.08. The molecule has 1 aromatic heterocycles. The zero-order valence-electron chi connectivity index (χ0n) is 15.1. The number of methoxy groups -OCH3 is 1. The number of nitrogens with zero attached hydrogens (tertiary/aromatic N) is 1. The second-order valence-electron chi connectivity index (χ2n) is 5.85. The minimum atomic E-state index is -4.90. The normalized spacial score (nSPS) is 11.3. The Morgan fingerprint density at radius 1 is 1.10 bits per heavy atom. The first-order valence-electron chi connectivity index (χ1n) is 8.09. The second-order valence-corrected chi connectivity index (χ2v) is 5.85. The highest BCUT2D eigenvalue weighted by Crippen LogP contribution is 2.36. The first-order chi connectivity index (χ1) is 13.6. The molecule has 0 bridgehead atoms. The molecule has 0 fully saturated rings. The Bertz CT molecular complexity index is 1150. The summed E-state index contributed by atoms with van der Waals surface area (Å²) in [6, 6.07) is 9.24. The number of hydrogen-bond acceptors (Lipinski definition) is 6. The molecule has 0 atom stereocenters. The molecule has 0 saturated carbocycles. The van der Waals surface area contributed by atoms with E-state index in [2.05, 4.69) is 9.47 Å². The van der Waals surface area contributed by atoms with Gasteiger partial charge in [0.15, 0.2) is 17.1 Å². The van der Waals surface area contributed by atoms with E-state index < -0.39 is 35.0 Å². The molecule has 1 heterocycles. The minimum absolute atomic E-state index is 0.0796. The standard InChI is InChI=1S/C19H14F3NO6/c1-23-12-9-10(28-13-5-3-4-6-14(13)29-19(20,21)22)7-8-11(12)16(24)15(17(23)25)18(26)27-2/h3-9,24H,1-2H3. The number of carbonyl (C=O) groups excluding carboxylic acids is 1. The number of ether oxygens (including phenoxy) is 3. The molecule has 1 N–H and O–H groups in total. The van der Waals surface area contributed by atoms with Gasteiger partial charge in [0.2, 0.25) is 0 Å². The number of aromatic hydroxyl groups is 1. The van der Waals surface area contributed by atoms with Gasteiger partial charge in [0.1, 0.15) is 11.5 Å². The van der Waals surface area contributed by atoms with Gasteiger partial charge in [0, 0.05) is 18.5 Å². The summed E-state index contributed by atoms with van der Waals surface area (Å²) in [6.07, 6.45) is -4.90. The number of para-hydroxylation sites is 2. The van der Waals surface area contributed by atoms with E-state index in [9.17, 15) is 27.9 Å². The quantitative estimate of drug-likeness (QED) is 0.661. The molecule has 0 aliphatic rings. The maximum absolute atomic E-state index is 12.6. The molecule has 3 aromatic rings. The van der Waals surface area contributed by atoms with Crippen molar-refractivity contribution in [2.75, 3.05) is 7.11 Å². The summed E-state index contributed by atoms with van der Waals surface area (Å²) >= 11 is 0. The highest BCUT2D eigenvalue weighted by Gasteiger charge is 2.32. The zero-order valence-corrected chi connectivity index (χ0v) is 15.1. The van der Waals surface area contributed by atoms with E-state index in [1.807, 2.05) is 0 Å². The van der Waals surface area contributed by atoms with Gasteiger partial charge in [0.05, 0.1) is 12.6 Å². The third kappa shape index (κ3) is 3.96. The molecular formula is C19H14F3NO6. The van der Waals surface area contributed by atoms with Crippen molar-refractivity contribution >= 4 is 16.9 Å². The fourth-order valence-electron chi connectivity index (χ4n) is 2.72. The third-order valence-electron chi connectivity index (χ3n) is 4.03. The number of alkyl halides is 3. The fourth-order valence-corrected chi connectivity index (χ4v) is 2.72. The van der Waals surface area contributed by atoms with Crippen molar-refractivity contribution in [2.45, 2.75) is 6.36 Å². The first-order valence-corrected chi connectivity index (χ1v) is 8.09. The number of carbonyl (C=O) groups is 1. The molecule has 0 unspecified atom stereocenters. The van der Waals surface area contributed by atoms with Crippen molar-refractivity contribution in [3.63, 3.8) is 0 Å². The Hall–Kier alpha value is -3.69. The van der Waals surface area contributed by atoms with Crippen LogP contribution in [0.3, 0.4) is 0 Å². The second kappa shape index (κ2) is 7.38. The van der Waals surface area contributed by atoms with Crippen LogP contribution in [0, 0.1) is 0 Å². The van der Waals surface area contributed by atoms with Crippen LogP contribution in [0.25, 0.3) is 10.9 Å². The number of rotatable bonds is 4. The molecule has 7 nitrogen and oxygen atoms in total. The molecule has 0 aliphatic carbocycles. The minimum Gasteiger partial charge on any atom is -0.506 e. The van der Waals surface area contributed by atoms with Crippen LogP contribution in [0.2, 0.25) is 0 Å². The lowest BCUT2D eigenvalue weighted by Crippen LogP contribution is -2.25. The van der Waals surface area contributed by atoms with Crippen molar-refractivity contribution in [3.8, 4) is 23.0 Å². The molecular weight excluding hydrogens is 395 g/mol. The number of pyridine rings is 1. The topological polar surface area (TPSA) is 87.0 Å². The van der Waals surface area contributed by atoms with Gasteiger partial charge < -0.3 is 23.9 Å². The number of hydrogen-bond donors (Lipinski definition) is 1. The van der Waals surface area contributed by atoms with Crippen molar-refractivity contribution in [2.24, 2.45) is 7.05 Å². The molecule has 29 heavy (non-hydrogen) atoms. The van der Waals surface area contributed by atoms with Gasteiger partial charge in [-0.15, -0.1) is 13.2 Å². The summed E-state index contributed by atoms with van der Waals surface area (Å²) in [4.78, 5) is 24.2. The summed E-state index contributed by atoms with van der Waals surface area (Å²) in [5, 5.41) is 10.5. The number of esters is 1. The molecule has 0 spiro atoms. The first kappa shape index (κ1) is 20.1. The van der Waals surface area contributed by atoms with E-state index in [-0.39, 0.29) is 22.4 Å². The summed E-state index contributed by atoms with van der Waals surface area (Å²) in [6.45, 7) is 0. The number of halogens is 3. The Morgan fingerprint density at radius 3 is 2.38 bits per heavy atom. The van der Waals surface area contributed by atoms with E-state index >= 15 is 0 Å². The van der Waals surface area contributed by atoms with Gasteiger partial charge in [-0.3, -0.25) is 4.79 Å². The molecule has 10 heteroatoms. The lowest BCUT2D eigenvalue weighted by molar-refractivity contribution is -0.275. The predicted molar refractivity (Wildman–Crippen MR) is 95.4 cm³/mol. The fraction of sp³-hybridized carbons (Fsp3) is 0.158. The summed E-state index contributed by atoms with van der Waals surface area (Å²) in [5.74, 6) is -2.23. The summed E-state index contributed by atoms with van der Waals surface area (Å²) in [7, 11) is 2.43. The summed E-state index contributed by atoms with van der Waals surface area (Å²) < 4.78 is 52.7. The van der Waals surface area contributed by atoms with Crippen molar-refractivity contribution < 1.29 is 37.3 Å². The lowest BCUT2D eigenvalue weighted by atomic mass is 10.1. The number of aromatic nitrogens is 1. The largest absolute Gasteiger partial charge is 0.573 e. The van der Waals surface area contributed by atoms with E-state index in [0.29, 0.717) is 0 Å². The smallest absolute Gasteiger partial charge is 0.506 e. The van der Waals surface area contributed by atoms with Crippen LogP contribution < -0.4 is 15.0 Å². The number of fused-ring (bicyclic) bond motifs is 1. The molecule has 0 amide bonds. The summed E-state index contributed by atoms with van der Waals surface area (Å²) in [5.41, 5.74) is -1.15. The zero-order chi connectivity index (χ0) is 21.3. The van der Waals surface area contributed by atoms with E-state index in [0.717, 1.165) is 17.7 Å². The van der Waals surface area contributed by atoms with Crippen LogP contribution in [0.4, 0.5) is 13.2 Å². The van der Waals surface area contributed by atoms with Gasteiger partial charge in [-0.2, -0.15) is 0 Å². The molecule has 3 rings (SSSR count). The van der Waals surface area contributed by atoms with Crippen LogP contribution in [0.5, 0.6) is 23.0 Å². The van der Waals surface area contributed by atoms with E-state index in [1.54, 1.807) is 0 Å². The SMILES string of the molecule is COC(=O)c1c(O)c2ccc(Oc3ccccc3OC(F)(F)F)cc2n(C)c1=O. The van der Waals surface area contributed by atoms with Crippen molar-refractivity contribution in [3.05, 3.63) is 58.4 Å². The van der Waals surface area contributed by atoms with Crippen molar-refractivity contribution in [1.82, 2.24) is 4.57 Å². The molecule has 152 valence electrons. The Labute approximate surface area is 161 Å². The Kier molecular flexibility index (Phi) is 5.10. The number of aryl methyl sites for hydroxylation is 1. The highest BCUT2D eigenvalue weighted by atomic mass is 19.4. The maximum atomic E-state index is 12.6. The lowest BCUT2D eigenvalue weighted by Gasteiger charge is -2.15. The predicted octanol–water partition coefficient (Wildman–Crippen LogP) is 3.72. The van der Waals surface area contributed by atoms with Crippen LogP contribution in [-0.2, 0) is 11.8 Å². The van der Waals surface area contributed by atoms with E-state index in [1.165, 1.54) is 43.4 Å². The average molecular weight is 409 g/mol. The van der Waals surface area contributed by atoms with Crippen LogP contribution >= 0.6 is 0 Å². The monoisotopic (exact) mass is 409 g/mol. The van der Waals surface area contributed by atoms with Gasteiger partial charge in [-0.05, 0) is 24.3 Å². The van der Waals surface area contributed by atoms with Crippen LogP contribution in [-0.4, -0.2) is 29.1 Å². The van der Waals surface area contributed by atoms with Crippen LogP contribution in [0.15, 0.2) is 47.3 Å². The Morgan fingerprint density at radius 2 is 1.76 bits per heavy atom. The highest BCUT2D eigenvalue weighted by molar-refractivity contribution is 5.99. The molecule has 2 aromatic carbocycles.